The molecule has 1 unspecified atom stereocenters. The maximum Gasteiger partial charge on any atom is 0.223 e. The molecule has 6 heteroatoms. The first-order chi connectivity index (χ1) is 12.1. The number of benzene rings is 2. The zero-order valence-corrected chi connectivity index (χ0v) is 14.4. The number of hydrogen-bond donors (Lipinski definition) is 1. The van der Waals surface area contributed by atoms with Gasteiger partial charge in [-0.3, -0.25) is 0 Å². The SMILES string of the molecule is Cc1ccc(C2CC(c3ccc(F)cc3)=NN2c2nc(O)cs2)cc1. The van der Waals surface area contributed by atoms with E-state index in [4.69, 9.17) is 5.10 Å². The zero-order valence-electron chi connectivity index (χ0n) is 13.6. The largest absolute Gasteiger partial charge is 0.493 e. The number of thiazole rings is 1. The van der Waals surface area contributed by atoms with Gasteiger partial charge in [-0.25, -0.2) is 9.40 Å². The average molecular weight is 353 g/mol. The summed E-state index contributed by atoms with van der Waals surface area (Å²) in [7, 11) is 0. The van der Waals surface area contributed by atoms with Crippen LogP contribution in [0.15, 0.2) is 59.0 Å². The smallest absolute Gasteiger partial charge is 0.223 e. The lowest BCUT2D eigenvalue weighted by molar-refractivity contribution is 0.457. The van der Waals surface area contributed by atoms with Crippen molar-refractivity contribution < 1.29 is 9.50 Å². The van der Waals surface area contributed by atoms with Crippen molar-refractivity contribution in [1.29, 1.82) is 0 Å². The Morgan fingerprint density at radius 3 is 2.48 bits per heavy atom. The van der Waals surface area contributed by atoms with Gasteiger partial charge in [-0.05, 0) is 30.2 Å². The Balaban J connectivity index is 1.73. The van der Waals surface area contributed by atoms with Crippen LogP contribution in [-0.4, -0.2) is 15.8 Å². The molecule has 0 radical (unpaired) electrons. The Hall–Kier alpha value is -2.73. The van der Waals surface area contributed by atoms with Crippen molar-refractivity contribution in [2.24, 2.45) is 5.10 Å². The first-order valence-corrected chi connectivity index (χ1v) is 8.82. The van der Waals surface area contributed by atoms with Crippen LogP contribution in [0.25, 0.3) is 0 Å². The van der Waals surface area contributed by atoms with Crippen molar-refractivity contribution in [2.75, 3.05) is 5.01 Å². The minimum atomic E-state index is -0.265. The zero-order chi connectivity index (χ0) is 17.4. The summed E-state index contributed by atoms with van der Waals surface area (Å²) in [4.78, 5) is 4.16. The van der Waals surface area contributed by atoms with Gasteiger partial charge in [0.2, 0.25) is 11.0 Å². The molecule has 0 fully saturated rings. The van der Waals surface area contributed by atoms with Crippen LogP contribution in [0.3, 0.4) is 0 Å². The van der Waals surface area contributed by atoms with Gasteiger partial charge in [-0.15, -0.1) is 0 Å². The summed E-state index contributed by atoms with van der Waals surface area (Å²) < 4.78 is 13.2. The first kappa shape index (κ1) is 15.8. The standard InChI is InChI=1S/C19H16FN3OS/c1-12-2-4-14(5-3-12)17-10-16(13-6-8-15(20)9-7-13)22-23(17)19-21-18(24)11-25-19/h2-9,11,17,24H,10H2,1H3. The van der Waals surface area contributed by atoms with Gasteiger partial charge in [0.05, 0.1) is 17.1 Å². The van der Waals surface area contributed by atoms with E-state index >= 15 is 0 Å². The summed E-state index contributed by atoms with van der Waals surface area (Å²) in [6.07, 6.45) is 0.690. The van der Waals surface area contributed by atoms with E-state index in [0.717, 1.165) is 16.8 Å². The van der Waals surface area contributed by atoms with E-state index in [1.807, 2.05) is 5.01 Å². The van der Waals surface area contributed by atoms with Gasteiger partial charge in [0, 0.05) is 6.42 Å². The molecule has 0 bridgehead atoms. The van der Waals surface area contributed by atoms with E-state index in [1.54, 1.807) is 17.5 Å². The highest BCUT2D eigenvalue weighted by Crippen LogP contribution is 2.38. The lowest BCUT2D eigenvalue weighted by atomic mass is 9.98. The van der Waals surface area contributed by atoms with Crippen molar-refractivity contribution in [3.63, 3.8) is 0 Å². The van der Waals surface area contributed by atoms with Crippen LogP contribution in [0, 0.1) is 12.7 Å². The van der Waals surface area contributed by atoms with E-state index in [9.17, 15) is 9.50 Å². The number of halogens is 1. The fourth-order valence-electron chi connectivity index (χ4n) is 2.91. The summed E-state index contributed by atoms with van der Waals surface area (Å²) in [6, 6.07) is 14.7. The number of hydrogen-bond acceptors (Lipinski definition) is 5. The number of rotatable bonds is 3. The number of aromatic nitrogens is 1. The highest BCUT2D eigenvalue weighted by molar-refractivity contribution is 7.13. The van der Waals surface area contributed by atoms with Crippen LogP contribution >= 0.6 is 11.3 Å². The van der Waals surface area contributed by atoms with Crippen LogP contribution in [0.4, 0.5) is 9.52 Å². The third kappa shape index (κ3) is 3.13. The molecule has 4 nitrogen and oxygen atoms in total. The lowest BCUT2D eigenvalue weighted by Gasteiger charge is -2.21. The fraction of sp³-hybridized carbons (Fsp3) is 0.158. The number of nitrogens with zero attached hydrogens (tertiary/aromatic N) is 3. The number of aromatic hydroxyl groups is 1. The quantitative estimate of drug-likeness (QED) is 0.745. The second kappa shape index (κ2) is 6.29. The van der Waals surface area contributed by atoms with Gasteiger partial charge in [0.15, 0.2) is 0 Å². The Labute approximate surface area is 148 Å². The van der Waals surface area contributed by atoms with Crippen LogP contribution in [0.1, 0.15) is 29.2 Å². The highest BCUT2D eigenvalue weighted by Gasteiger charge is 2.31. The van der Waals surface area contributed by atoms with Crippen LogP contribution in [0.5, 0.6) is 5.88 Å². The van der Waals surface area contributed by atoms with Crippen molar-refractivity contribution in [2.45, 2.75) is 19.4 Å². The molecule has 3 aromatic rings. The number of anilines is 1. The van der Waals surface area contributed by atoms with Gasteiger partial charge in [-0.1, -0.05) is 53.3 Å². The topological polar surface area (TPSA) is 48.7 Å². The van der Waals surface area contributed by atoms with Crippen LogP contribution < -0.4 is 5.01 Å². The van der Waals surface area contributed by atoms with Gasteiger partial charge in [0.25, 0.3) is 0 Å². The van der Waals surface area contributed by atoms with Crippen LogP contribution in [0.2, 0.25) is 0 Å². The molecule has 2 aromatic carbocycles. The molecule has 25 heavy (non-hydrogen) atoms. The third-order valence-electron chi connectivity index (χ3n) is 4.23. The maximum absolute atomic E-state index is 13.2. The number of aryl methyl sites for hydroxylation is 1. The molecule has 0 spiro atoms. The Bertz CT molecular complexity index is 919. The van der Waals surface area contributed by atoms with Gasteiger partial charge in [-0.2, -0.15) is 10.1 Å². The molecule has 2 heterocycles. The van der Waals surface area contributed by atoms with Crippen molar-refractivity contribution in [3.8, 4) is 5.88 Å². The molecule has 0 saturated heterocycles. The van der Waals surface area contributed by atoms with E-state index in [1.165, 1.54) is 29.0 Å². The van der Waals surface area contributed by atoms with Crippen molar-refractivity contribution in [1.82, 2.24) is 4.98 Å². The van der Waals surface area contributed by atoms with E-state index in [-0.39, 0.29) is 17.7 Å². The molecule has 1 aliphatic rings. The van der Waals surface area contributed by atoms with Gasteiger partial charge in [0.1, 0.15) is 5.82 Å². The summed E-state index contributed by atoms with van der Waals surface area (Å²) in [5.41, 5.74) is 4.09. The molecule has 126 valence electrons. The highest BCUT2D eigenvalue weighted by atomic mass is 32.1. The predicted octanol–water partition coefficient (Wildman–Crippen LogP) is 4.65. The van der Waals surface area contributed by atoms with E-state index < -0.39 is 0 Å². The van der Waals surface area contributed by atoms with E-state index in [2.05, 4.69) is 36.2 Å². The first-order valence-electron chi connectivity index (χ1n) is 7.94. The summed E-state index contributed by atoms with van der Waals surface area (Å²) in [5.74, 6) is -0.271. The second-order valence-electron chi connectivity index (χ2n) is 6.02. The fourth-order valence-corrected chi connectivity index (χ4v) is 3.60. The second-order valence-corrected chi connectivity index (χ2v) is 6.85. The van der Waals surface area contributed by atoms with Crippen molar-refractivity contribution >= 4 is 22.2 Å². The molecule has 1 aliphatic heterocycles. The predicted molar refractivity (Wildman–Crippen MR) is 97.7 cm³/mol. The minimum absolute atomic E-state index is 0.00640. The van der Waals surface area contributed by atoms with Crippen LogP contribution in [-0.2, 0) is 0 Å². The van der Waals surface area contributed by atoms with Crippen molar-refractivity contribution in [3.05, 3.63) is 76.4 Å². The Morgan fingerprint density at radius 1 is 1.12 bits per heavy atom. The minimum Gasteiger partial charge on any atom is -0.493 e. The molecule has 4 rings (SSSR count). The third-order valence-corrected chi connectivity index (χ3v) is 5.04. The normalized spacial score (nSPS) is 17.0. The molecule has 0 amide bonds. The molecule has 0 aliphatic carbocycles. The average Bonchev–Trinajstić information content (AvgIpc) is 3.23. The Kier molecular flexibility index (Phi) is 3.97. The molecular formula is C19H16FN3OS. The summed E-state index contributed by atoms with van der Waals surface area (Å²) >= 11 is 1.35. The molecule has 1 atom stereocenters. The molecule has 1 aromatic heterocycles. The van der Waals surface area contributed by atoms with Gasteiger partial charge < -0.3 is 5.11 Å². The molecule has 1 N–H and O–H groups in total. The molecular weight excluding hydrogens is 337 g/mol. The summed E-state index contributed by atoms with van der Waals surface area (Å²) in [5, 5.41) is 18.4. The van der Waals surface area contributed by atoms with Gasteiger partial charge >= 0.3 is 0 Å². The summed E-state index contributed by atoms with van der Waals surface area (Å²) in [6.45, 7) is 2.05. The monoisotopic (exact) mass is 353 g/mol. The Morgan fingerprint density at radius 2 is 1.84 bits per heavy atom. The van der Waals surface area contributed by atoms with E-state index in [0.29, 0.717) is 11.6 Å². The lowest BCUT2D eigenvalue weighted by Crippen LogP contribution is -2.18. The number of hydrazone groups is 1. The molecule has 0 saturated carbocycles. The maximum atomic E-state index is 13.2.